The molecular formula is C46H42N6O4. The van der Waals surface area contributed by atoms with Crippen molar-refractivity contribution in [3.63, 3.8) is 0 Å². The van der Waals surface area contributed by atoms with Gasteiger partial charge in [0.15, 0.2) is 0 Å². The fourth-order valence-corrected chi connectivity index (χ4v) is 6.70. The molecule has 4 aromatic carbocycles. The molecule has 0 atom stereocenters. The zero-order chi connectivity index (χ0) is 38.7. The SMILES string of the molecule is O=C1c2cccc(n2)C(=O)N(Cc2ccccc2)CCN(Cc2ccccc2)C(=O)c2cccc(n2)C(=O)N(Cc2ccccc2)CCN1Cc1ccccc1. The Morgan fingerprint density at radius 1 is 0.304 bits per heavy atom. The van der Waals surface area contributed by atoms with Gasteiger partial charge in [-0.1, -0.05) is 133 Å². The number of amides is 4. The third-order valence-corrected chi connectivity index (χ3v) is 9.67. The molecule has 0 fully saturated rings. The molecule has 10 heteroatoms. The second-order valence-corrected chi connectivity index (χ2v) is 13.7. The maximum Gasteiger partial charge on any atom is 0.272 e. The molecular weight excluding hydrogens is 701 g/mol. The van der Waals surface area contributed by atoms with Gasteiger partial charge in [0.05, 0.1) is 0 Å². The molecule has 1 aliphatic heterocycles. The summed E-state index contributed by atoms with van der Waals surface area (Å²) in [4.78, 5) is 73.5. The number of pyridine rings is 2. The van der Waals surface area contributed by atoms with E-state index in [1.165, 1.54) is 0 Å². The van der Waals surface area contributed by atoms with Gasteiger partial charge in [-0.15, -0.1) is 0 Å². The molecule has 3 heterocycles. The quantitative estimate of drug-likeness (QED) is 0.171. The Morgan fingerprint density at radius 2 is 0.518 bits per heavy atom. The molecule has 1 aliphatic rings. The molecule has 0 spiro atoms. The number of aromatic nitrogens is 2. The molecule has 0 unspecified atom stereocenters. The van der Waals surface area contributed by atoms with Crippen LogP contribution in [0.5, 0.6) is 0 Å². The number of hydrogen-bond donors (Lipinski definition) is 0. The van der Waals surface area contributed by atoms with E-state index in [0.29, 0.717) is 0 Å². The second-order valence-electron chi connectivity index (χ2n) is 13.7. The first-order valence-electron chi connectivity index (χ1n) is 18.7. The summed E-state index contributed by atoms with van der Waals surface area (Å²) in [7, 11) is 0. The zero-order valence-corrected chi connectivity index (χ0v) is 31.0. The fourth-order valence-electron chi connectivity index (χ4n) is 6.70. The summed E-state index contributed by atoms with van der Waals surface area (Å²) in [6, 6.07) is 48.2. The molecule has 2 aromatic heterocycles. The first-order valence-corrected chi connectivity index (χ1v) is 18.7. The smallest absolute Gasteiger partial charge is 0.272 e. The molecule has 280 valence electrons. The van der Waals surface area contributed by atoms with Gasteiger partial charge in [0.2, 0.25) is 0 Å². The summed E-state index contributed by atoms with van der Waals surface area (Å²) in [6.07, 6.45) is 0. The lowest BCUT2D eigenvalue weighted by atomic mass is 10.1. The Labute approximate surface area is 326 Å². The number of carbonyl (C=O) groups excluding carboxylic acids is 4. The minimum atomic E-state index is -0.369. The monoisotopic (exact) mass is 742 g/mol. The Kier molecular flexibility index (Phi) is 12.0. The van der Waals surface area contributed by atoms with Crippen LogP contribution in [0.4, 0.5) is 0 Å². The van der Waals surface area contributed by atoms with Crippen LogP contribution in [0, 0.1) is 0 Å². The summed E-state index contributed by atoms with van der Waals surface area (Å²) in [5, 5.41) is 0. The minimum Gasteiger partial charge on any atom is -0.331 e. The first-order chi connectivity index (χ1) is 27.4. The van der Waals surface area contributed by atoms with Gasteiger partial charge >= 0.3 is 0 Å². The Bertz CT molecular complexity index is 1960. The number of nitrogens with zero attached hydrogens (tertiary/aromatic N) is 6. The number of rotatable bonds is 8. The van der Waals surface area contributed by atoms with Crippen LogP contribution in [0.25, 0.3) is 0 Å². The van der Waals surface area contributed by atoms with Gasteiger partial charge in [0.25, 0.3) is 23.6 Å². The van der Waals surface area contributed by atoms with Gasteiger partial charge < -0.3 is 19.6 Å². The Morgan fingerprint density at radius 3 is 0.732 bits per heavy atom. The lowest BCUT2D eigenvalue weighted by Gasteiger charge is -2.30. The molecule has 0 saturated carbocycles. The van der Waals surface area contributed by atoms with Gasteiger partial charge in [-0.3, -0.25) is 19.2 Å². The highest BCUT2D eigenvalue weighted by atomic mass is 16.2. The fraction of sp³-hybridized carbons (Fsp3) is 0.174. The number of carbonyl (C=O) groups is 4. The van der Waals surface area contributed by atoms with Crippen LogP contribution in [0.3, 0.4) is 0 Å². The molecule has 7 rings (SSSR count). The summed E-state index contributed by atoms with van der Waals surface area (Å²) in [6.45, 7) is 1.68. The Hall–Kier alpha value is -6.94. The van der Waals surface area contributed by atoms with E-state index in [1.54, 1.807) is 56.0 Å². The van der Waals surface area contributed by atoms with Crippen LogP contribution in [0.15, 0.2) is 158 Å². The molecule has 4 amide bonds. The van der Waals surface area contributed by atoms with E-state index < -0.39 is 0 Å². The van der Waals surface area contributed by atoms with Crippen LogP contribution < -0.4 is 0 Å². The molecule has 4 bridgehead atoms. The predicted molar refractivity (Wildman–Crippen MR) is 213 cm³/mol. The molecule has 6 aromatic rings. The molecule has 10 nitrogen and oxygen atoms in total. The van der Waals surface area contributed by atoms with Crippen molar-refractivity contribution in [1.29, 1.82) is 0 Å². The van der Waals surface area contributed by atoms with Crippen LogP contribution in [-0.2, 0) is 26.2 Å². The second kappa shape index (κ2) is 17.9. The largest absolute Gasteiger partial charge is 0.331 e. The summed E-state index contributed by atoms with van der Waals surface area (Å²) in [5.41, 5.74) is 4.06. The highest BCUT2D eigenvalue weighted by molar-refractivity contribution is 5.98. The average Bonchev–Trinajstić information content (AvgIpc) is 3.25. The predicted octanol–water partition coefficient (Wildman–Crippen LogP) is 6.76. The molecule has 56 heavy (non-hydrogen) atoms. The van der Waals surface area contributed by atoms with Crippen molar-refractivity contribution in [2.75, 3.05) is 26.2 Å². The summed E-state index contributed by atoms with van der Waals surface area (Å²) < 4.78 is 0. The van der Waals surface area contributed by atoms with Crippen molar-refractivity contribution >= 4 is 23.6 Å². The third kappa shape index (κ3) is 9.40. The lowest BCUT2D eigenvalue weighted by molar-refractivity contribution is 0.0623. The van der Waals surface area contributed by atoms with E-state index in [2.05, 4.69) is 9.97 Å². The average molecular weight is 743 g/mol. The zero-order valence-electron chi connectivity index (χ0n) is 31.0. The molecule has 0 radical (unpaired) electrons. The lowest BCUT2D eigenvalue weighted by Crippen LogP contribution is -2.42. The normalized spacial score (nSPS) is 14.4. The van der Waals surface area contributed by atoms with Gasteiger partial charge in [-0.05, 0) is 46.5 Å². The van der Waals surface area contributed by atoms with E-state index in [-0.39, 0.29) is 98.8 Å². The van der Waals surface area contributed by atoms with E-state index >= 15 is 0 Å². The number of hydrogen-bond acceptors (Lipinski definition) is 6. The number of benzene rings is 4. The Balaban J connectivity index is 1.31. The van der Waals surface area contributed by atoms with Gasteiger partial charge in [-0.2, -0.15) is 0 Å². The van der Waals surface area contributed by atoms with Crippen molar-refractivity contribution in [1.82, 2.24) is 29.6 Å². The molecule has 0 N–H and O–H groups in total. The van der Waals surface area contributed by atoms with Gasteiger partial charge in [0, 0.05) is 52.4 Å². The summed E-state index contributed by atoms with van der Waals surface area (Å²) >= 11 is 0. The van der Waals surface area contributed by atoms with Crippen LogP contribution in [0.2, 0.25) is 0 Å². The van der Waals surface area contributed by atoms with Crippen molar-refractivity contribution < 1.29 is 19.2 Å². The van der Waals surface area contributed by atoms with Crippen molar-refractivity contribution in [2.24, 2.45) is 0 Å². The maximum absolute atomic E-state index is 14.4. The van der Waals surface area contributed by atoms with Gasteiger partial charge in [0.1, 0.15) is 22.8 Å². The molecule has 0 saturated heterocycles. The highest BCUT2D eigenvalue weighted by Gasteiger charge is 2.27. The molecule has 0 aliphatic carbocycles. The van der Waals surface area contributed by atoms with E-state index in [0.717, 1.165) is 22.3 Å². The minimum absolute atomic E-state index is 0.115. The van der Waals surface area contributed by atoms with Crippen LogP contribution in [0.1, 0.15) is 64.2 Å². The van der Waals surface area contributed by atoms with Crippen molar-refractivity contribution in [3.05, 3.63) is 203 Å². The van der Waals surface area contributed by atoms with E-state index in [4.69, 9.17) is 0 Å². The van der Waals surface area contributed by atoms with E-state index in [1.807, 2.05) is 121 Å². The van der Waals surface area contributed by atoms with Crippen molar-refractivity contribution in [3.8, 4) is 0 Å². The standard InChI is InChI=1S/C46H42N6O4/c53-43-39-23-13-24-40(47-39)45(55)51(33-37-19-9-3-10-20-37)29-30-52(34-38-21-11-4-12-22-38)46(56)42-26-14-25-41(48-42)44(54)50(32-36-17-7-2-8-18-36)28-27-49(43)31-35-15-5-1-6-16-35/h1-26H,27-34H2. The van der Waals surface area contributed by atoms with Gasteiger partial charge in [-0.25, -0.2) is 9.97 Å². The van der Waals surface area contributed by atoms with Crippen LogP contribution >= 0.6 is 0 Å². The first kappa shape index (κ1) is 37.4. The third-order valence-electron chi connectivity index (χ3n) is 9.67. The summed E-state index contributed by atoms with van der Waals surface area (Å²) in [5.74, 6) is -1.48. The highest BCUT2D eigenvalue weighted by Crippen LogP contribution is 2.18. The number of fused-ring (bicyclic) bond motifs is 4. The van der Waals surface area contributed by atoms with E-state index in [9.17, 15) is 19.2 Å². The topological polar surface area (TPSA) is 107 Å². The maximum atomic E-state index is 14.4. The van der Waals surface area contributed by atoms with Crippen LogP contribution in [-0.4, -0.2) is 79.4 Å². The van der Waals surface area contributed by atoms with Crippen molar-refractivity contribution in [2.45, 2.75) is 26.2 Å².